The van der Waals surface area contributed by atoms with Gasteiger partial charge in [-0.1, -0.05) is 144 Å². The van der Waals surface area contributed by atoms with Gasteiger partial charge in [-0.15, -0.1) is 11.3 Å². The van der Waals surface area contributed by atoms with E-state index < -0.39 is 0 Å². The van der Waals surface area contributed by atoms with E-state index in [9.17, 15) is 0 Å². The topological polar surface area (TPSA) is 9.72 Å². The van der Waals surface area contributed by atoms with E-state index >= 15 is 0 Å². The molecule has 13 rings (SSSR count). The molecule has 0 saturated heterocycles. The number of nitrogens with zero attached hydrogens (tertiary/aromatic N) is 3. The second-order valence-electron chi connectivity index (χ2n) is 28.3. The van der Waals surface area contributed by atoms with Gasteiger partial charge in [0.25, 0.3) is 6.71 Å². The maximum absolute atomic E-state index is 3.00. The summed E-state index contributed by atoms with van der Waals surface area (Å²) in [5, 5.41) is 2.76. The largest absolute Gasteiger partial charge is 0.335 e. The van der Waals surface area contributed by atoms with Gasteiger partial charge in [0, 0.05) is 65.1 Å². The molecule has 0 N–H and O–H groups in total. The zero-order valence-electron chi connectivity index (χ0n) is 47.5. The Morgan fingerprint density at radius 1 is 0.466 bits per heavy atom. The van der Waals surface area contributed by atoms with Crippen molar-refractivity contribution in [3.8, 4) is 0 Å². The molecule has 73 heavy (non-hydrogen) atoms. The van der Waals surface area contributed by atoms with Crippen molar-refractivity contribution in [1.29, 1.82) is 0 Å². The molecular weight excluding hydrogens is 902 g/mol. The van der Waals surface area contributed by atoms with Crippen molar-refractivity contribution < 1.29 is 0 Å². The van der Waals surface area contributed by atoms with Gasteiger partial charge >= 0.3 is 0 Å². The first-order valence-electron chi connectivity index (χ1n) is 28.2. The minimum absolute atomic E-state index is 0.00679. The van der Waals surface area contributed by atoms with Crippen LogP contribution in [0.25, 0.3) is 20.2 Å². The number of thiophene rings is 1. The third-order valence-electron chi connectivity index (χ3n) is 20.8. The fourth-order valence-electron chi connectivity index (χ4n) is 16.4. The van der Waals surface area contributed by atoms with Crippen LogP contribution in [-0.2, 0) is 27.1 Å². The molecule has 2 aliphatic carbocycles. The van der Waals surface area contributed by atoms with Crippen LogP contribution in [0.2, 0.25) is 0 Å². The fraction of sp³-hybridized carbons (Fsp3) is 0.471. The lowest BCUT2D eigenvalue weighted by molar-refractivity contribution is 0.193. The van der Waals surface area contributed by atoms with Crippen LogP contribution in [0, 0.1) is 27.7 Å². The highest BCUT2D eigenvalue weighted by Crippen LogP contribution is 2.66. The Kier molecular flexibility index (Phi) is 9.73. The second kappa shape index (κ2) is 14.9. The fourth-order valence-corrected chi connectivity index (χ4v) is 17.6. The molecule has 0 bridgehead atoms. The van der Waals surface area contributed by atoms with Crippen molar-refractivity contribution in [3.05, 3.63) is 129 Å². The van der Waals surface area contributed by atoms with Gasteiger partial charge in [-0.25, -0.2) is 0 Å². The van der Waals surface area contributed by atoms with Crippen molar-refractivity contribution in [1.82, 2.24) is 0 Å². The van der Waals surface area contributed by atoms with Crippen LogP contribution in [0.1, 0.15) is 191 Å². The lowest BCUT2D eigenvalue weighted by Crippen LogP contribution is -2.65. The molecule has 2 fully saturated rings. The van der Waals surface area contributed by atoms with Crippen molar-refractivity contribution in [3.63, 3.8) is 0 Å². The predicted molar refractivity (Wildman–Crippen MR) is 319 cm³/mol. The summed E-state index contributed by atoms with van der Waals surface area (Å²) in [5.74, 6) is 0. The molecule has 5 heteroatoms. The molecule has 7 aromatic rings. The van der Waals surface area contributed by atoms with E-state index in [2.05, 4.69) is 211 Å². The SMILES string of the molecule is Cc1cc(C)c2c3c1B1c4cc5sc6ccc(C(C)(C)C)cc6c5cc4N(c4c(C)cc(C(C)(C)C)cc4C)c4cc(N5c6ccc(C(C)(C)C)cc6C6(C)CCCCC56C)cc(c41)N3C1(C)CCCCC21C. The molecule has 6 aliphatic rings. The molecular formula is C68H80BN3S. The number of fused-ring (bicyclic) bond motifs is 13. The van der Waals surface area contributed by atoms with Crippen LogP contribution in [0.3, 0.4) is 0 Å². The molecule has 4 atom stereocenters. The van der Waals surface area contributed by atoms with Crippen molar-refractivity contribution in [2.24, 2.45) is 0 Å². The summed E-state index contributed by atoms with van der Waals surface area (Å²) in [6.07, 6.45) is 9.84. The maximum atomic E-state index is 3.00. The summed E-state index contributed by atoms with van der Waals surface area (Å²) in [6.45, 7) is 41.7. The van der Waals surface area contributed by atoms with E-state index in [0.29, 0.717) is 0 Å². The second-order valence-corrected chi connectivity index (χ2v) is 29.4. The van der Waals surface area contributed by atoms with Gasteiger partial charge in [0.05, 0.1) is 16.8 Å². The standard InChI is InChI=1S/C68H80BN3S/c1-39-30-40(2)58-61-57(39)66(15)27-19-21-29-68(66,17)72(61)54-36-46(71-51-24-22-44(63(8,9)10)34-49(51)65(14)26-18-20-28-67(65,71)16)35-53-59(54)69(58)50-38-56-48(47-33-43(62(5,6)7)23-25-55(47)73-56)37-52(50)70(53)60-41(3)31-45(32-42(60)4)64(11,12)13/h22-25,30-38H,18-21,26-29H2,1-17H3. The van der Waals surface area contributed by atoms with Crippen molar-refractivity contribution in [2.75, 3.05) is 14.7 Å². The number of rotatable bonds is 2. The summed E-state index contributed by atoms with van der Waals surface area (Å²) >= 11 is 1.99. The Morgan fingerprint density at radius 2 is 1.04 bits per heavy atom. The maximum Gasteiger partial charge on any atom is 0.252 e. The monoisotopic (exact) mass is 982 g/mol. The average Bonchev–Trinajstić information content (AvgIpc) is 3.85. The minimum Gasteiger partial charge on any atom is -0.335 e. The van der Waals surface area contributed by atoms with E-state index in [1.807, 2.05) is 11.3 Å². The molecule has 0 spiro atoms. The van der Waals surface area contributed by atoms with Crippen LogP contribution in [0.15, 0.2) is 78.9 Å². The van der Waals surface area contributed by atoms with Gasteiger partial charge in [0.15, 0.2) is 0 Å². The summed E-state index contributed by atoms with van der Waals surface area (Å²) in [4.78, 5) is 8.70. The van der Waals surface area contributed by atoms with Crippen LogP contribution >= 0.6 is 11.3 Å². The van der Waals surface area contributed by atoms with Crippen molar-refractivity contribution >= 4 is 94.4 Å². The number of aryl methyl sites for hydroxylation is 4. The number of benzene rings is 6. The van der Waals surface area contributed by atoms with Gasteiger partial charge in [0.1, 0.15) is 0 Å². The normalized spacial score (nSPS) is 25.0. The summed E-state index contributed by atoms with van der Waals surface area (Å²) < 4.78 is 2.76. The van der Waals surface area contributed by atoms with Gasteiger partial charge in [-0.3, -0.25) is 0 Å². The first kappa shape index (κ1) is 47.7. The van der Waals surface area contributed by atoms with Crippen LogP contribution in [-0.4, -0.2) is 17.8 Å². The first-order valence-corrected chi connectivity index (χ1v) is 29.0. The van der Waals surface area contributed by atoms with Crippen LogP contribution < -0.4 is 31.1 Å². The smallest absolute Gasteiger partial charge is 0.252 e. The Morgan fingerprint density at radius 3 is 1.70 bits per heavy atom. The van der Waals surface area contributed by atoms with Crippen LogP contribution in [0.5, 0.6) is 0 Å². The highest BCUT2D eigenvalue weighted by atomic mass is 32.1. The Labute approximate surface area is 442 Å². The Balaban J connectivity index is 1.20. The number of hydrogen-bond donors (Lipinski definition) is 0. The van der Waals surface area contributed by atoms with E-state index in [1.54, 1.807) is 16.6 Å². The van der Waals surface area contributed by atoms with Crippen LogP contribution in [0.4, 0.5) is 39.8 Å². The first-order chi connectivity index (χ1) is 34.2. The molecule has 4 aliphatic heterocycles. The van der Waals surface area contributed by atoms with Gasteiger partial charge < -0.3 is 14.7 Å². The summed E-state index contributed by atoms with van der Waals surface area (Å²) in [5.41, 5.74) is 27.2. The number of hydrogen-bond acceptors (Lipinski definition) is 4. The Bertz CT molecular complexity index is 3550. The molecule has 4 unspecified atom stereocenters. The van der Waals surface area contributed by atoms with E-state index in [1.165, 1.54) is 161 Å². The molecule has 0 amide bonds. The lowest BCUT2D eigenvalue weighted by Gasteiger charge is -2.54. The molecule has 0 radical (unpaired) electrons. The number of anilines is 7. The van der Waals surface area contributed by atoms with Gasteiger partial charge in [0.2, 0.25) is 0 Å². The van der Waals surface area contributed by atoms with Gasteiger partial charge in [-0.05, 0) is 187 Å². The highest BCUT2D eigenvalue weighted by molar-refractivity contribution is 7.26. The van der Waals surface area contributed by atoms with E-state index in [4.69, 9.17) is 0 Å². The van der Waals surface area contributed by atoms with E-state index in [-0.39, 0.29) is 44.9 Å². The zero-order valence-corrected chi connectivity index (χ0v) is 48.3. The summed E-state index contributed by atoms with van der Waals surface area (Å²) in [7, 11) is 0. The highest BCUT2D eigenvalue weighted by Gasteiger charge is 2.63. The predicted octanol–water partition coefficient (Wildman–Crippen LogP) is 17.3. The summed E-state index contributed by atoms with van der Waals surface area (Å²) in [6, 6.07) is 33.3. The molecule has 3 nitrogen and oxygen atoms in total. The zero-order chi connectivity index (χ0) is 51.6. The lowest BCUT2D eigenvalue weighted by atomic mass is 9.32. The third-order valence-corrected chi connectivity index (χ3v) is 22.0. The minimum atomic E-state index is -0.103. The quantitative estimate of drug-likeness (QED) is 0.160. The average molecular weight is 982 g/mol. The molecule has 1 aromatic heterocycles. The van der Waals surface area contributed by atoms with E-state index in [0.717, 1.165) is 0 Å². The van der Waals surface area contributed by atoms with Gasteiger partial charge in [-0.2, -0.15) is 0 Å². The molecule has 376 valence electrons. The van der Waals surface area contributed by atoms with Crippen molar-refractivity contribution in [2.45, 2.75) is 207 Å². The molecule has 6 aromatic carbocycles. The Hall–Kier alpha value is -5.00. The molecule has 2 saturated carbocycles. The molecule has 5 heterocycles. The third kappa shape index (κ3) is 6.12.